The van der Waals surface area contributed by atoms with Gasteiger partial charge in [-0.2, -0.15) is 0 Å². The third kappa shape index (κ3) is 3.46. The molecule has 0 aliphatic carbocycles. The molecule has 0 bridgehead atoms. The van der Waals surface area contributed by atoms with E-state index in [1.54, 1.807) is 6.07 Å². The second-order valence-electron chi connectivity index (χ2n) is 4.88. The number of primary sulfonamides is 1. The van der Waals surface area contributed by atoms with Crippen LogP contribution in [0.25, 0.3) is 0 Å². The fourth-order valence-electron chi connectivity index (χ4n) is 2.24. The molecule has 0 radical (unpaired) electrons. The van der Waals surface area contributed by atoms with E-state index in [2.05, 4.69) is 0 Å². The molecule has 19 heavy (non-hydrogen) atoms. The van der Waals surface area contributed by atoms with Crippen LogP contribution in [0.4, 0.5) is 0 Å². The van der Waals surface area contributed by atoms with Gasteiger partial charge in [-0.05, 0) is 31.0 Å². The minimum Gasteiger partial charge on any atom is -0.489 e. The van der Waals surface area contributed by atoms with Crippen LogP contribution in [-0.2, 0) is 14.8 Å². The maximum absolute atomic E-state index is 11.7. The summed E-state index contributed by atoms with van der Waals surface area (Å²) in [4.78, 5) is 0.0662. The Morgan fingerprint density at radius 1 is 1.26 bits per heavy atom. The number of rotatable bonds is 3. The summed E-state index contributed by atoms with van der Waals surface area (Å²) < 4.78 is 34.5. The van der Waals surface area contributed by atoms with Crippen molar-refractivity contribution in [1.29, 1.82) is 0 Å². The van der Waals surface area contributed by atoms with Gasteiger partial charge in [-0.15, -0.1) is 0 Å². The van der Waals surface area contributed by atoms with E-state index >= 15 is 0 Å². The first kappa shape index (κ1) is 14.3. The second-order valence-corrected chi connectivity index (χ2v) is 6.41. The summed E-state index contributed by atoms with van der Waals surface area (Å²) in [6.45, 7) is 4.94. The van der Waals surface area contributed by atoms with E-state index in [9.17, 15) is 8.42 Å². The lowest BCUT2D eigenvalue weighted by molar-refractivity contribution is 0.0241. The minimum atomic E-state index is -3.79. The largest absolute Gasteiger partial charge is 0.489 e. The third-order valence-electron chi connectivity index (χ3n) is 3.14. The molecule has 1 aliphatic rings. The molecule has 1 heterocycles. The van der Waals surface area contributed by atoms with Crippen LogP contribution in [0.15, 0.2) is 17.0 Å². The lowest BCUT2D eigenvalue weighted by Crippen LogP contribution is -2.27. The summed E-state index contributed by atoms with van der Waals surface area (Å²) in [5, 5.41) is 5.27. The Hall–Kier alpha value is -1.11. The molecule has 0 saturated carbocycles. The summed E-state index contributed by atoms with van der Waals surface area (Å²) in [7, 11) is -3.79. The molecule has 1 aliphatic heterocycles. The van der Waals surface area contributed by atoms with Gasteiger partial charge in [0, 0.05) is 12.8 Å². The average Bonchev–Trinajstić information content (AvgIpc) is 2.32. The zero-order valence-corrected chi connectivity index (χ0v) is 12.0. The van der Waals surface area contributed by atoms with Gasteiger partial charge in [0.05, 0.1) is 13.2 Å². The number of hydrogen-bond acceptors (Lipinski definition) is 4. The molecule has 1 saturated heterocycles. The summed E-state index contributed by atoms with van der Waals surface area (Å²) in [6, 6.07) is 3.44. The number of hydrogen-bond donors (Lipinski definition) is 1. The van der Waals surface area contributed by atoms with Gasteiger partial charge in [0.1, 0.15) is 16.7 Å². The van der Waals surface area contributed by atoms with E-state index in [0.717, 1.165) is 24.0 Å². The number of aryl methyl sites for hydroxylation is 2. The minimum absolute atomic E-state index is 0.0179. The first-order chi connectivity index (χ1) is 8.88. The standard InChI is InChI=1S/C13H19NO4S/c1-9-7-10(2)13(12(8-9)19(14,15)16)18-11-3-5-17-6-4-11/h7-8,11H,3-6H2,1-2H3,(H2,14,15,16). The van der Waals surface area contributed by atoms with Crippen LogP contribution < -0.4 is 9.88 Å². The Morgan fingerprint density at radius 2 is 1.89 bits per heavy atom. The molecule has 0 amide bonds. The van der Waals surface area contributed by atoms with E-state index in [1.807, 2.05) is 19.9 Å². The maximum Gasteiger partial charge on any atom is 0.241 e. The molecule has 0 spiro atoms. The predicted octanol–water partition coefficient (Wildman–Crippen LogP) is 1.51. The Kier molecular flexibility index (Phi) is 4.13. The van der Waals surface area contributed by atoms with E-state index in [4.69, 9.17) is 14.6 Å². The first-order valence-electron chi connectivity index (χ1n) is 6.26. The topological polar surface area (TPSA) is 78.6 Å². The lowest BCUT2D eigenvalue weighted by atomic mass is 10.1. The van der Waals surface area contributed by atoms with Crippen LogP contribution in [0, 0.1) is 13.8 Å². The molecule has 5 nitrogen and oxygen atoms in total. The Labute approximate surface area is 113 Å². The van der Waals surface area contributed by atoms with Crippen molar-refractivity contribution in [3.63, 3.8) is 0 Å². The molecule has 0 unspecified atom stereocenters. The molecule has 2 rings (SSSR count). The van der Waals surface area contributed by atoms with Crippen molar-refractivity contribution >= 4 is 10.0 Å². The van der Waals surface area contributed by atoms with Crippen molar-refractivity contribution in [1.82, 2.24) is 0 Å². The molecule has 6 heteroatoms. The Bertz CT molecular complexity index is 562. The zero-order chi connectivity index (χ0) is 14.0. The van der Waals surface area contributed by atoms with Gasteiger partial charge in [-0.25, -0.2) is 13.6 Å². The zero-order valence-electron chi connectivity index (χ0n) is 11.2. The van der Waals surface area contributed by atoms with Crippen molar-refractivity contribution in [2.45, 2.75) is 37.7 Å². The van der Waals surface area contributed by atoms with E-state index < -0.39 is 10.0 Å². The molecule has 1 aromatic carbocycles. The van der Waals surface area contributed by atoms with Crippen LogP contribution in [0.5, 0.6) is 5.75 Å². The molecule has 2 N–H and O–H groups in total. The van der Waals surface area contributed by atoms with Gasteiger partial charge >= 0.3 is 0 Å². The van der Waals surface area contributed by atoms with Crippen LogP contribution >= 0.6 is 0 Å². The fourth-order valence-corrected chi connectivity index (χ4v) is 3.06. The number of benzene rings is 1. The van der Waals surface area contributed by atoms with Crippen molar-refractivity contribution in [2.75, 3.05) is 13.2 Å². The van der Waals surface area contributed by atoms with E-state index in [1.165, 1.54) is 0 Å². The van der Waals surface area contributed by atoms with Crippen molar-refractivity contribution in [3.05, 3.63) is 23.3 Å². The molecule has 1 fully saturated rings. The summed E-state index contributed by atoms with van der Waals surface area (Å²) >= 11 is 0. The highest BCUT2D eigenvalue weighted by atomic mass is 32.2. The van der Waals surface area contributed by atoms with Crippen LogP contribution in [0.1, 0.15) is 24.0 Å². The monoisotopic (exact) mass is 285 g/mol. The Balaban J connectivity index is 2.37. The van der Waals surface area contributed by atoms with E-state index in [0.29, 0.717) is 19.0 Å². The summed E-state index contributed by atoms with van der Waals surface area (Å²) in [5.41, 5.74) is 1.64. The smallest absolute Gasteiger partial charge is 0.241 e. The van der Waals surface area contributed by atoms with Gasteiger partial charge in [-0.1, -0.05) is 6.07 Å². The highest BCUT2D eigenvalue weighted by molar-refractivity contribution is 7.89. The highest BCUT2D eigenvalue weighted by Gasteiger charge is 2.22. The number of ether oxygens (including phenoxy) is 2. The van der Waals surface area contributed by atoms with Gasteiger partial charge in [0.15, 0.2) is 0 Å². The molecular formula is C13H19NO4S. The van der Waals surface area contributed by atoms with Gasteiger partial charge in [0.2, 0.25) is 10.0 Å². The van der Waals surface area contributed by atoms with Crippen LogP contribution in [0.3, 0.4) is 0 Å². The number of nitrogens with two attached hydrogens (primary N) is 1. The van der Waals surface area contributed by atoms with Gasteiger partial charge in [0.25, 0.3) is 0 Å². The SMILES string of the molecule is Cc1cc(C)c(OC2CCOCC2)c(S(N)(=O)=O)c1. The maximum atomic E-state index is 11.7. The lowest BCUT2D eigenvalue weighted by Gasteiger charge is -2.25. The summed E-state index contributed by atoms with van der Waals surface area (Å²) in [6.07, 6.45) is 1.50. The molecule has 0 aromatic heterocycles. The highest BCUT2D eigenvalue weighted by Crippen LogP contribution is 2.30. The summed E-state index contributed by atoms with van der Waals surface area (Å²) in [5.74, 6) is 0.375. The molecule has 106 valence electrons. The molecule has 0 atom stereocenters. The molecule has 1 aromatic rings. The van der Waals surface area contributed by atoms with Crippen LogP contribution in [-0.4, -0.2) is 27.7 Å². The Morgan fingerprint density at radius 3 is 2.47 bits per heavy atom. The quantitative estimate of drug-likeness (QED) is 0.913. The van der Waals surface area contributed by atoms with Crippen molar-refractivity contribution < 1.29 is 17.9 Å². The number of sulfonamides is 1. The average molecular weight is 285 g/mol. The molecular weight excluding hydrogens is 266 g/mol. The second kappa shape index (κ2) is 5.48. The van der Waals surface area contributed by atoms with Crippen LogP contribution in [0.2, 0.25) is 0 Å². The normalized spacial score (nSPS) is 17.4. The van der Waals surface area contributed by atoms with E-state index in [-0.39, 0.29) is 11.0 Å². The predicted molar refractivity (Wildman–Crippen MR) is 71.8 cm³/mol. The third-order valence-corrected chi connectivity index (χ3v) is 4.06. The van der Waals surface area contributed by atoms with Gasteiger partial charge < -0.3 is 9.47 Å². The fraction of sp³-hybridized carbons (Fsp3) is 0.538. The van der Waals surface area contributed by atoms with Crippen molar-refractivity contribution in [2.24, 2.45) is 5.14 Å². The van der Waals surface area contributed by atoms with Gasteiger partial charge in [-0.3, -0.25) is 0 Å². The first-order valence-corrected chi connectivity index (χ1v) is 7.81. The van der Waals surface area contributed by atoms with Crippen molar-refractivity contribution in [3.8, 4) is 5.75 Å².